The van der Waals surface area contributed by atoms with E-state index < -0.39 is 4.92 Å². The Balaban J connectivity index is 1.65. The van der Waals surface area contributed by atoms with Crippen molar-refractivity contribution in [3.63, 3.8) is 0 Å². The zero-order valence-electron chi connectivity index (χ0n) is 15.6. The van der Waals surface area contributed by atoms with Crippen LogP contribution in [0.3, 0.4) is 0 Å². The maximum atomic E-state index is 10.7. The Hall–Kier alpha value is -4.13. The van der Waals surface area contributed by atoms with E-state index in [0.29, 0.717) is 11.6 Å². The van der Waals surface area contributed by atoms with Crippen molar-refractivity contribution < 1.29 is 4.92 Å². The maximum absolute atomic E-state index is 10.7. The van der Waals surface area contributed by atoms with Gasteiger partial charge >= 0.3 is 0 Å². The van der Waals surface area contributed by atoms with E-state index in [1.54, 1.807) is 18.3 Å². The molecule has 142 valence electrons. The quantitative estimate of drug-likeness (QED) is 0.299. The third kappa shape index (κ3) is 4.08. The largest absolute Gasteiger partial charge is 0.269 e. The van der Waals surface area contributed by atoms with Gasteiger partial charge in [-0.1, -0.05) is 42.0 Å². The van der Waals surface area contributed by atoms with Crippen molar-refractivity contribution in [2.24, 2.45) is 5.10 Å². The second-order valence-electron chi connectivity index (χ2n) is 6.50. The van der Waals surface area contributed by atoms with Gasteiger partial charge in [0.2, 0.25) is 0 Å². The fourth-order valence-corrected chi connectivity index (χ4v) is 2.84. The van der Waals surface area contributed by atoms with Crippen LogP contribution in [0.5, 0.6) is 0 Å². The monoisotopic (exact) mass is 383 g/mol. The zero-order valence-corrected chi connectivity index (χ0v) is 15.6. The molecule has 0 aliphatic rings. The molecule has 0 saturated carbocycles. The van der Waals surface area contributed by atoms with Crippen molar-refractivity contribution in [1.82, 2.24) is 9.97 Å². The topological polar surface area (TPSA) is 93.3 Å². The summed E-state index contributed by atoms with van der Waals surface area (Å²) in [5.41, 5.74) is 6.66. The maximum Gasteiger partial charge on any atom is 0.269 e. The van der Waals surface area contributed by atoms with Crippen LogP contribution < -0.4 is 5.43 Å². The average Bonchev–Trinajstić information content (AvgIpc) is 2.74. The van der Waals surface area contributed by atoms with Gasteiger partial charge in [-0.25, -0.2) is 9.97 Å². The molecule has 4 rings (SSSR count). The fourth-order valence-electron chi connectivity index (χ4n) is 2.84. The molecular formula is C22H17N5O2. The van der Waals surface area contributed by atoms with Crippen molar-refractivity contribution in [3.8, 4) is 11.4 Å². The minimum Gasteiger partial charge on any atom is -0.261 e. The predicted octanol–water partition coefficient (Wildman–Crippen LogP) is 4.96. The highest BCUT2D eigenvalue weighted by Crippen LogP contribution is 2.25. The number of fused-ring (bicyclic) bond motifs is 1. The van der Waals surface area contributed by atoms with Crippen LogP contribution in [0.25, 0.3) is 22.3 Å². The zero-order chi connectivity index (χ0) is 20.2. The summed E-state index contributed by atoms with van der Waals surface area (Å²) in [5, 5.41) is 15.9. The Kier molecular flexibility index (Phi) is 4.94. The van der Waals surface area contributed by atoms with Crippen molar-refractivity contribution >= 4 is 28.6 Å². The number of benzene rings is 3. The molecule has 4 aromatic rings. The first-order chi connectivity index (χ1) is 14.1. The number of anilines is 1. The van der Waals surface area contributed by atoms with Crippen LogP contribution in [0, 0.1) is 17.0 Å². The van der Waals surface area contributed by atoms with E-state index in [2.05, 4.69) is 20.5 Å². The highest BCUT2D eigenvalue weighted by Gasteiger charge is 2.09. The molecule has 7 nitrogen and oxygen atoms in total. The summed E-state index contributed by atoms with van der Waals surface area (Å²) in [7, 11) is 0. The van der Waals surface area contributed by atoms with E-state index in [-0.39, 0.29) is 5.69 Å². The van der Waals surface area contributed by atoms with Crippen LogP contribution in [0.4, 0.5) is 11.5 Å². The second kappa shape index (κ2) is 7.85. The van der Waals surface area contributed by atoms with E-state index in [0.717, 1.165) is 22.0 Å². The van der Waals surface area contributed by atoms with E-state index in [1.807, 2.05) is 55.5 Å². The number of hydrogen-bond acceptors (Lipinski definition) is 6. The van der Waals surface area contributed by atoms with Crippen molar-refractivity contribution in [1.29, 1.82) is 0 Å². The van der Waals surface area contributed by atoms with Gasteiger partial charge in [0.05, 0.1) is 16.7 Å². The lowest BCUT2D eigenvalue weighted by molar-refractivity contribution is -0.384. The molecule has 0 amide bonds. The Morgan fingerprint density at radius 3 is 2.41 bits per heavy atom. The Morgan fingerprint density at radius 1 is 0.966 bits per heavy atom. The third-order valence-corrected chi connectivity index (χ3v) is 4.40. The SMILES string of the molecule is Cc1ccc(-c2nc(N/N=C\c3ccc([N+](=O)[O-])cc3)c3ccccc3n2)cc1. The molecule has 1 heterocycles. The summed E-state index contributed by atoms with van der Waals surface area (Å²) < 4.78 is 0. The standard InChI is InChI=1S/C22H17N5O2/c1-15-6-10-17(11-7-15)21-24-20-5-3-2-4-19(20)22(25-21)26-23-14-16-8-12-18(13-9-16)27(28)29/h2-14H,1H3,(H,24,25,26)/b23-14-. The van der Waals surface area contributed by atoms with Gasteiger partial charge in [0.1, 0.15) is 0 Å². The fraction of sp³-hybridized carbons (Fsp3) is 0.0455. The number of nitrogens with zero attached hydrogens (tertiary/aromatic N) is 4. The lowest BCUT2D eigenvalue weighted by Crippen LogP contribution is -1.99. The van der Waals surface area contributed by atoms with Gasteiger partial charge in [0.15, 0.2) is 11.6 Å². The number of aromatic nitrogens is 2. The first-order valence-corrected chi connectivity index (χ1v) is 8.97. The molecule has 0 radical (unpaired) electrons. The highest BCUT2D eigenvalue weighted by molar-refractivity contribution is 5.91. The third-order valence-electron chi connectivity index (χ3n) is 4.40. The normalized spacial score (nSPS) is 11.1. The number of nitro benzene ring substituents is 1. The lowest BCUT2D eigenvalue weighted by Gasteiger charge is -2.08. The minimum atomic E-state index is -0.432. The molecular weight excluding hydrogens is 366 g/mol. The van der Waals surface area contributed by atoms with Crippen molar-refractivity contribution in [3.05, 3.63) is 94.0 Å². The number of hydrogen-bond donors (Lipinski definition) is 1. The molecule has 0 saturated heterocycles. The lowest BCUT2D eigenvalue weighted by atomic mass is 10.1. The van der Waals surface area contributed by atoms with Gasteiger partial charge in [0, 0.05) is 23.1 Å². The van der Waals surface area contributed by atoms with Gasteiger partial charge in [-0.05, 0) is 36.8 Å². The van der Waals surface area contributed by atoms with Crippen LogP contribution in [-0.2, 0) is 0 Å². The molecule has 1 N–H and O–H groups in total. The van der Waals surface area contributed by atoms with Gasteiger partial charge in [-0.15, -0.1) is 0 Å². The van der Waals surface area contributed by atoms with Gasteiger partial charge < -0.3 is 0 Å². The van der Waals surface area contributed by atoms with Crippen LogP contribution in [0.1, 0.15) is 11.1 Å². The molecule has 0 unspecified atom stereocenters. The molecule has 0 aliphatic carbocycles. The van der Waals surface area contributed by atoms with Crippen LogP contribution in [0.2, 0.25) is 0 Å². The molecule has 0 aliphatic heterocycles. The van der Waals surface area contributed by atoms with Crippen LogP contribution >= 0.6 is 0 Å². The summed E-state index contributed by atoms with van der Waals surface area (Å²) >= 11 is 0. The summed E-state index contributed by atoms with van der Waals surface area (Å²) in [6.07, 6.45) is 1.59. The van der Waals surface area contributed by atoms with E-state index >= 15 is 0 Å². The number of nitro groups is 1. The summed E-state index contributed by atoms with van der Waals surface area (Å²) in [5.74, 6) is 1.20. The number of nitrogens with one attached hydrogen (secondary N) is 1. The Bertz CT molecular complexity index is 1200. The number of rotatable bonds is 5. The van der Waals surface area contributed by atoms with E-state index in [1.165, 1.54) is 17.7 Å². The summed E-state index contributed by atoms with van der Waals surface area (Å²) in [6.45, 7) is 2.03. The molecule has 0 bridgehead atoms. The molecule has 3 aromatic carbocycles. The number of aryl methyl sites for hydroxylation is 1. The van der Waals surface area contributed by atoms with Crippen LogP contribution in [0.15, 0.2) is 77.9 Å². The summed E-state index contributed by atoms with van der Waals surface area (Å²) in [6, 6.07) is 21.9. The Labute approximate surface area is 166 Å². The smallest absolute Gasteiger partial charge is 0.261 e. The van der Waals surface area contributed by atoms with E-state index in [4.69, 9.17) is 0 Å². The molecule has 0 atom stereocenters. The van der Waals surface area contributed by atoms with Gasteiger partial charge in [-0.2, -0.15) is 5.10 Å². The first-order valence-electron chi connectivity index (χ1n) is 8.97. The Morgan fingerprint density at radius 2 is 1.69 bits per heavy atom. The van der Waals surface area contributed by atoms with Crippen molar-refractivity contribution in [2.75, 3.05) is 5.43 Å². The first kappa shape index (κ1) is 18.2. The van der Waals surface area contributed by atoms with Crippen molar-refractivity contribution in [2.45, 2.75) is 6.92 Å². The molecule has 29 heavy (non-hydrogen) atoms. The average molecular weight is 383 g/mol. The predicted molar refractivity (Wildman–Crippen MR) is 114 cm³/mol. The van der Waals surface area contributed by atoms with E-state index in [9.17, 15) is 10.1 Å². The number of para-hydroxylation sites is 1. The van der Waals surface area contributed by atoms with Gasteiger partial charge in [-0.3, -0.25) is 15.5 Å². The number of non-ortho nitro benzene ring substituents is 1. The minimum absolute atomic E-state index is 0.0413. The highest BCUT2D eigenvalue weighted by atomic mass is 16.6. The number of hydrazone groups is 1. The second-order valence-corrected chi connectivity index (χ2v) is 6.50. The molecule has 0 spiro atoms. The molecule has 0 fully saturated rings. The molecule has 7 heteroatoms. The van der Waals surface area contributed by atoms with Gasteiger partial charge in [0.25, 0.3) is 5.69 Å². The molecule has 1 aromatic heterocycles. The van der Waals surface area contributed by atoms with Crippen LogP contribution in [-0.4, -0.2) is 21.1 Å². The summed E-state index contributed by atoms with van der Waals surface area (Å²) in [4.78, 5) is 19.6.